The fraction of sp³-hybridized carbons (Fsp3) is 1.00. The van der Waals surface area contributed by atoms with Gasteiger partial charge in [-0.15, -0.1) is 0 Å². The Hall–Kier alpha value is -0.240. The summed E-state index contributed by atoms with van der Waals surface area (Å²) in [5.41, 5.74) is 1.53. The van der Waals surface area contributed by atoms with Gasteiger partial charge in [0.1, 0.15) is 26.0 Å². The third kappa shape index (κ3) is 3.10. The largest absolute Gasteiger partial charge is 0.394 e. The van der Waals surface area contributed by atoms with E-state index in [9.17, 15) is 0 Å². The summed E-state index contributed by atoms with van der Waals surface area (Å²) >= 11 is 0. The highest BCUT2D eigenvalue weighted by molar-refractivity contribution is 4.77. The van der Waals surface area contributed by atoms with Crippen LogP contribution in [0.25, 0.3) is 0 Å². The molecule has 68 valence electrons. The molecule has 0 aliphatic rings. The number of nitrogens with two attached hydrogens (primary N) is 1. The molecular weight excluding hydrogens is 154 g/mol. The Morgan fingerprint density at radius 3 is 2.09 bits per heavy atom. The lowest BCUT2D eigenvalue weighted by molar-refractivity contribution is -0.113. The second-order valence-electron chi connectivity index (χ2n) is 2.18. The number of hydrogen-bond donors (Lipinski definition) is 6. The van der Waals surface area contributed by atoms with Crippen molar-refractivity contribution in [3.8, 4) is 0 Å². The highest BCUT2D eigenvalue weighted by Crippen LogP contribution is 2.00. The molecule has 4 atom stereocenters. The lowest BCUT2D eigenvalue weighted by atomic mass is 10.1. The number of rotatable bonds is 5. The predicted octanol–water partition coefficient (Wildman–Crippen LogP) is -3.66. The zero-order valence-electron chi connectivity index (χ0n) is 6.75. The van der Waals surface area contributed by atoms with Crippen molar-refractivity contribution < 1.29 is 26.9 Å². The molecule has 7 N–H and O–H groups in total. The minimum absolute atomic E-state index is 0.733. The van der Waals surface area contributed by atoms with Crippen molar-refractivity contribution in [3.05, 3.63) is 0 Å². The van der Waals surface area contributed by atoms with E-state index in [0.29, 0.717) is 0 Å². The van der Waals surface area contributed by atoms with Gasteiger partial charge >= 0.3 is 0 Å². The zero-order valence-corrected chi connectivity index (χ0v) is 5.75. The van der Waals surface area contributed by atoms with Crippen molar-refractivity contribution in [2.45, 2.75) is 24.5 Å². The first kappa shape index (κ1) is 8.85. The third-order valence-electron chi connectivity index (χ3n) is 1.25. The fourth-order valence-corrected chi connectivity index (χ4v) is 0.522. The molecule has 1 unspecified atom stereocenters. The fourth-order valence-electron chi connectivity index (χ4n) is 0.522. The minimum atomic E-state index is -1.72. The Kier molecular flexibility index (Phi) is 3.70. The molecule has 0 spiro atoms. The molecule has 0 aliphatic carbocycles. The first-order chi connectivity index (χ1) is 5.54. The molecule has 0 saturated carbocycles. The summed E-state index contributed by atoms with van der Waals surface area (Å²) in [4.78, 5) is 0. The number of hydrogen-bond acceptors (Lipinski definition) is 6. The van der Waals surface area contributed by atoms with Crippen LogP contribution in [-0.2, 0) is 0 Å². The summed E-state index contributed by atoms with van der Waals surface area (Å²) in [5.74, 6) is 0. The van der Waals surface area contributed by atoms with E-state index in [1.807, 2.05) is 0 Å². The molecule has 0 aromatic carbocycles. The molecule has 6 heteroatoms. The van der Waals surface area contributed by atoms with Crippen molar-refractivity contribution in [1.82, 2.24) is 0 Å². The standard InChI is InChI=1S/C5H13NO5/c6-5(11)4(10)3(9)2(8)1-7/h2-5,7-11H,1,6H2/t2-,3-,4-,5?/m1/s1/i/hD. The Labute approximate surface area is 65.0 Å². The SMILES string of the molecule is [2H]NC(O)[C@H](O)[C@H](O)[C@H](O)CO. The van der Waals surface area contributed by atoms with Crippen LogP contribution in [0.4, 0.5) is 0 Å². The lowest BCUT2D eigenvalue weighted by Crippen LogP contribution is -2.49. The smallest absolute Gasteiger partial charge is 0.131 e. The lowest BCUT2D eigenvalue weighted by Gasteiger charge is -2.22. The first-order valence-corrected chi connectivity index (χ1v) is 3.05. The van der Waals surface area contributed by atoms with Crippen molar-refractivity contribution in [2.75, 3.05) is 6.61 Å². The average molecular weight is 168 g/mol. The van der Waals surface area contributed by atoms with Gasteiger partial charge in [-0.1, -0.05) is 0 Å². The maximum atomic E-state index is 8.94. The predicted molar refractivity (Wildman–Crippen MR) is 35.3 cm³/mol. The van der Waals surface area contributed by atoms with Gasteiger partial charge in [0.05, 0.1) is 6.61 Å². The summed E-state index contributed by atoms with van der Waals surface area (Å²) in [6, 6.07) is 0. The Bertz CT molecular complexity index is 112. The van der Waals surface area contributed by atoms with E-state index in [1.165, 1.54) is 5.73 Å². The van der Waals surface area contributed by atoms with E-state index in [1.54, 1.807) is 0 Å². The van der Waals surface area contributed by atoms with E-state index in [4.69, 9.17) is 26.9 Å². The zero-order chi connectivity index (χ0) is 9.72. The van der Waals surface area contributed by atoms with Crippen LogP contribution >= 0.6 is 0 Å². The molecule has 6 nitrogen and oxygen atoms in total. The molecule has 0 fully saturated rings. The summed E-state index contributed by atoms with van der Waals surface area (Å²) in [6.07, 6.45) is -6.61. The maximum absolute atomic E-state index is 8.94. The molecule has 0 rings (SSSR count). The molecule has 0 bridgehead atoms. The second-order valence-corrected chi connectivity index (χ2v) is 2.18. The Morgan fingerprint density at radius 2 is 1.73 bits per heavy atom. The molecule has 0 aliphatic heterocycles. The topological polar surface area (TPSA) is 127 Å². The molecule has 0 amide bonds. The number of aliphatic hydroxyl groups is 5. The summed E-state index contributed by atoms with van der Waals surface area (Å²) < 4.78 is 6.42. The number of aliphatic hydroxyl groups excluding tert-OH is 5. The summed E-state index contributed by atoms with van der Waals surface area (Å²) in [6.45, 7) is -0.733. The molecular formula is C5H13NO5. The Morgan fingerprint density at radius 1 is 1.18 bits per heavy atom. The van der Waals surface area contributed by atoms with Crippen LogP contribution < -0.4 is 5.73 Å². The van der Waals surface area contributed by atoms with Crippen LogP contribution in [-0.4, -0.2) is 56.7 Å². The van der Waals surface area contributed by atoms with Gasteiger partial charge in [-0.25, -0.2) is 0 Å². The third-order valence-corrected chi connectivity index (χ3v) is 1.25. The normalized spacial score (nSPS) is 23.5. The van der Waals surface area contributed by atoms with Gasteiger partial charge in [0.15, 0.2) is 0 Å². The molecule has 11 heavy (non-hydrogen) atoms. The molecule has 0 saturated heterocycles. The van der Waals surface area contributed by atoms with Crippen LogP contribution in [0.5, 0.6) is 0 Å². The van der Waals surface area contributed by atoms with Crippen LogP contribution in [0.1, 0.15) is 0 Å². The van der Waals surface area contributed by atoms with Crippen molar-refractivity contribution in [1.29, 1.82) is 0 Å². The van der Waals surface area contributed by atoms with E-state index >= 15 is 0 Å². The van der Waals surface area contributed by atoms with Gasteiger partial charge in [-0.05, 0) is 0 Å². The second kappa shape index (κ2) is 4.60. The van der Waals surface area contributed by atoms with Crippen LogP contribution in [0.15, 0.2) is 0 Å². The van der Waals surface area contributed by atoms with Gasteiger partial charge < -0.3 is 31.3 Å². The average Bonchev–Trinajstić information content (AvgIpc) is 2.12. The van der Waals surface area contributed by atoms with E-state index in [-0.39, 0.29) is 0 Å². The van der Waals surface area contributed by atoms with Gasteiger partial charge in [-0.2, -0.15) is 0 Å². The monoisotopic (exact) mass is 168 g/mol. The van der Waals surface area contributed by atoms with Gasteiger partial charge in [0.2, 0.25) is 0 Å². The molecule has 0 heterocycles. The highest BCUT2D eigenvalue weighted by atomic mass is 16.4. The minimum Gasteiger partial charge on any atom is -0.394 e. The van der Waals surface area contributed by atoms with Crippen LogP contribution in [0.2, 0.25) is 1.41 Å². The van der Waals surface area contributed by atoms with Gasteiger partial charge in [-0.3, -0.25) is 0 Å². The Balaban J connectivity index is 3.99. The highest BCUT2D eigenvalue weighted by Gasteiger charge is 2.27. The molecule has 0 radical (unpaired) electrons. The van der Waals surface area contributed by atoms with Crippen molar-refractivity contribution >= 4 is 0 Å². The van der Waals surface area contributed by atoms with Crippen molar-refractivity contribution in [2.24, 2.45) is 5.73 Å². The quantitative estimate of drug-likeness (QED) is 0.235. The van der Waals surface area contributed by atoms with E-state index in [0.717, 1.165) is 0 Å². The summed E-state index contributed by atoms with van der Waals surface area (Å²) in [7, 11) is 0. The summed E-state index contributed by atoms with van der Waals surface area (Å²) in [5, 5.41) is 43.7. The molecule has 0 aromatic heterocycles. The maximum Gasteiger partial charge on any atom is 0.131 e. The van der Waals surface area contributed by atoms with Crippen molar-refractivity contribution in [3.63, 3.8) is 0 Å². The van der Waals surface area contributed by atoms with Crippen LogP contribution in [0, 0.1) is 0 Å². The van der Waals surface area contributed by atoms with E-state index in [2.05, 4.69) is 0 Å². The van der Waals surface area contributed by atoms with Gasteiger partial charge in [0.25, 0.3) is 0 Å². The van der Waals surface area contributed by atoms with E-state index < -0.39 is 31.1 Å². The van der Waals surface area contributed by atoms with Gasteiger partial charge in [0, 0.05) is 0 Å². The first-order valence-electron chi connectivity index (χ1n) is 3.55. The van der Waals surface area contributed by atoms with Crippen LogP contribution in [0.3, 0.4) is 0 Å². The molecule has 0 aromatic rings.